The van der Waals surface area contributed by atoms with Crippen molar-refractivity contribution in [3.63, 3.8) is 0 Å². The van der Waals surface area contributed by atoms with Gasteiger partial charge in [0.1, 0.15) is 0 Å². The zero-order chi connectivity index (χ0) is 11.4. The van der Waals surface area contributed by atoms with Gasteiger partial charge in [-0.15, -0.1) is 0 Å². The lowest BCUT2D eigenvalue weighted by atomic mass is 10.2. The van der Waals surface area contributed by atoms with Crippen LogP contribution < -0.4 is 4.90 Å². The van der Waals surface area contributed by atoms with Gasteiger partial charge < -0.3 is 4.90 Å². The van der Waals surface area contributed by atoms with E-state index in [1.54, 1.807) is 38.2 Å². The SMILES string of the molecule is C=C(C)C(=O)N(C)c1ccc(C#N)cc1. The number of hydrogen-bond acceptors (Lipinski definition) is 2. The second-order valence-corrected chi connectivity index (χ2v) is 3.30. The molecule has 0 aliphatic rings. The summed E-state index contributed by atoms with van der Waals surface area (Å²) in [5.41, 5.74) is 1.82. The highest BCUT2D eigenvalue weighted by molar-refractivity contribution is 6.04. The topological polar surface area (TPSA) is 44.1 Å². The quantitative estimate of drug-likeness (QED) is 0.686. The molecule has 0 fully saturated rings. The Morgan fingerprint density at radius 3 is 2.33 bits per heavy atom. The second-order valence-electron chi connectivity index (χ2n) is 3.30. The average molecular weight is 200 g/mol. The monoisotopic (exact) mass is 200 g/mol. The fourth-order valence-corrected chi connectivity index (χ4v) is 1.16. The van der Waals surface area contributed by atoms with Crippen LogP contribution in [0.3, 0.4) is 0 Å². The number of rotatable bonds is 2. The third kappa shape index (κ3) is 2.44. The summed E-state index contributed by atoms with van der Waals surface area (Å²) in [5, 5.41) is 8.62. The van der Waals surface area contributed by atoms with Gasteiger partial charge in [-0.1, -0.05) is 6.58 Å². The van der Waals surface area contributed by atoms with E-state index in [1.165, 1.54) is 4.90 Å². The van der Waals surface area contributed by atoms with Gasteiger partial charge >= 0.3 is 0 Å². The minimum atomic E-state index is -0.125. The van der Waals surface area contributed by atoms with Crippen LogP contribution in [0.5, 0.6) is 0 Å². The van der Waals surface area contributed by atoms with Crippen LogP contribution >= 0.6 is 0 Å². The first-order chi connectivity index (χ1) is 7.06. The van der Waals surface area contributed by atoms with Crippen molar-refractivity contribution in [2.75, 3.05) is 11.9 Å². The Labute approximate surface area is 89.2 Å². The summed E-state index contributed by atoms with van der Waals surface area (Å²) in [5.74, 6) is -0.125. The van der Waals surface area contributed by atoms with E-state index in [2.05, 4.69) is 6.58 Å². The van der Waals surface area contributed by atoms with Gasteiger partial charge in [-0.2, -0.15) is 5.26 Å². The first-order valence-electron chi connectivity index (χ1n) is 4.50. The van der Waals surface area contributed by atoms with Crippen LogP contribution in [0.25, 0.3) is 0 Å². The molecule has 0 aliphatic heterocycles. The van der Waals surface area contributed by atoms with Crippen LogP contribution in [0.2, 0.25) is 0 Å². The molecule has 1 amide bonds. The molecular weight excluding hydrogens is 188 g/mol. The molecule has 0 bridgehead atoms. The summed E-state index contributed by atoms with van der Waals surface area (Å²) in [6, 6.07) is 8.85. The number of anilines is 1. The van der Waals surface area contributed by atoms with Crippen molar-refractivity contribution < 1.29 is 4.79 Å². The lowest BCUT2D eigenvalue weighted by molar-refractivity contribution is -0.114. The molecule has 0 unspecified atom stereocenters. The van der Waals surface area contributed by atoms with Gasteiger partial charge in [0, 0.05) is 18.3 Å². The lowest BCUT2D eigenvalue weighted by Crippen LogP contribution is -2.26. The summed E-state index contributed by atoms with van der Waals surface area (Å²) in [6.07, 6.45) is 0. The van der Waals surface area contributed by atoms with Crippen LogP contribution in [0.15, 0.2) is 36.4 Å². The molecule has 0 atom stereocenters. The molecule has 15 heavy (non-hydrogen) atoms. The van der Waals surface area contributed by atoms with Gasteiger partial charge in [-0.25, -0.2) is 0 Å². The summed E-state index contributed by atoms with van der Waals surface area (Å²) in [4.78, 5) is 13.1. The predicted octanol–water partition coefficient (Wildman–Crippen LogP) is 2.10. The van der Waals surface area contributed by atoms with E-state index in [0.717, 1.165) is 5.69 Å². The minimum Gasteiger partial charge on any atom is -0.312 e. The molecule has 0 radical (unpaired) electrons. The molecule has 1 rings (SSSR count). The molecule has 0 saturated heterocycles. The van der Waals surface area contributed by atoms with Crippen LogP contribution in [0.4, 0.5) is 5.69 Å². The molecule has 0 saturated carbocycles. The first-order valence-corrected chi connectivity index (χ1v) is 4.50. The van der Waals surface area contributed by atoms with E-state index < -0.39 is 0 Å². The Hall–Kier alpha value is -2.08. The van der Waals surface area contributed by atoms with Gasteiger partial charge in [0.2, 0.25) is 0 Å². The highest BCUT2D eigenvalue weighted by atomic mass is 16.2. The fourth-order valence-electron chi connectivity index (χ4n) is 1.16. The lowest BCUT2D eigenvalue weighted by Gasteiger charge is -2.16. The van der Waals surface area contributed by atoms with Crippen LogP contribution in [-0.2, 0) is 4.79 Å². The number of nitriles is 1. The molecular formula is C12H12N2O. The third-order valence-electron chi connectivity index (χ3n) is 2.05. The van der Waals surface area contributed by atoms with E-state index >= 15 is 0 Å². The third-order valence-corrected chi connectivity index (χ3v) is 2.05. The average Bonchev–Trinajstić information content (AvgIpc) is 2.27. The molecule has 76 valence electrons. The number of hydrogen-bond donors (Lipinski definition) is 0. The highest BCUT2D eigenvalue weighted by Crippen LogP contribution is 2.14. The second kappa shape index (κ2) is 4.43. The fraction of sp³-hybridized carbons (Fsp3) is 0.167. The highest BCUT2D eigenvalue weighted by Gasteiger charge is 2.10. The van der Waals surface area contributed by atoms with Gasteiger partial charge in [0.05, 0.1) is 11.6 Å². The Kier molecular flexibility index (Phi) is 3.25. The Bertz CT molecular complexity index is 426. The van der Waals surface area contributed by atoms with E-state index in [4.69, 9.17) is 5.26 Å². The summed E-state index contributed by atoms with van der Waals surface area (Å²) < 4.78 is 0. The number of nitrogens with zero attached hydrogens (tertiary/aromatic N) is 2. The molecule has 3 nitrogen and oxygen atoms in total. The zero-order valence-electron chi connectivity index (χ0n) is 8.82. The number of carbonyl (C=O) groups is 1. The predicted molar refractivity (Wildman–Crippen MR) is 59.4 cm³/mol. The minimum absolute atomic E-state index is 0.125. The van der Waals surface area contributed by atoms with Crippen molar-refractivity contribution in [1.82, 2.24) is 0 Å². The largest absolute Gasteiger partial charge is 0.312 e. The molecule has 0 heterocycles. The van der Waals surface area contributed by atoms with E-state index in [9.17, 15) is 4.79 Å². The normalized spacial score (nSPS) is 9.13. The van der Waals surface area contributed by atoms with E-state index in [0.29, 0.717) is 11.1 Å². The summed E-state index contributed by atoms with van der Waals surface area (Å²) >= 11 is 0. The zero-order valence-corrected chi connectivity index (χ0v) is 8.82. The maximum absolute atomic E-state index is 11.6. The first kappa shape index (κ1) is 11.0. The van der Waals surface area contributed by atoms with Crippen LogP contribution in [0.1, 0.15) is 12.5 Å². The van der Waals surface area contributed by atoms with Crippen molar-refractivity contribution in [3.05, 3.63) is 42.0 Å². The Balaban J connectivity index is 2.93. The van der Waals surface area contributed by atoms with Gasteiger partial charge in [-0.05, 0) is 31.2 Å². The molecule has 0 aromatic heterocycles. The standard InChI is InChI=1S/C12H12N2O/c1-9(2)12(15)14(3)11-6-4-10(8-13)5-7-11/h4-7H,1H2,2-3H3. The smallest absolute Gasteiger partial charge is 0.253 e. The van der Waals surface area contributed by atoms with E-state index in [1.807, 2.05) is 6.07 Å². The molecule has 0 aliphatic carbocycles. The molecule has 1 aromatic rings. The van der Waals surface area contributed by atoms with Crippen LogP contribution in [-0.4, -0.2) is 13.0 Å². The molecule has 0 N–H and O–H groups in total. The van der Waals surface area contributed by atoms with Crippen molar-refractivity contribution >= 4 is 11.6 Å². The molecule has 1 aromatic carbocycles. The Morgan fingerprint density at radius 1 is 1.40 bits per heavy atom. The number of likely N-dealkylation sites (N-methyl/N-ethyl adjacent to an activating group) is 1. The van der Waals surface area contributed by atoms with Crippen molar-refractivity contribution in [3.8, 4) is 6.07 Å². The maximum atomic E-state index is 11.6. The summed E-state index contributed by atoms with van der Waals surface area (Å²) in [6.45, 7) is 5.26. The summed E-state index contributed by atoms with van der Waals surface area (Å²) in [7, 11) is 1.68. The van der Waals surface area contributed by atoms with Crippen molar-refractivity contribution in [1.29, 1.82) is 5.26 Å². The Morgan fingerprint density at radius 2 is 1.93 bits per heavy atom. The van der Waals surface area contributed by atoms with Crippen LogP contribution in [0, 0.1) is 11.3 Å². The van der Waals surface area contributed by atoms with Crippen molar-refractivity contribution in [2.45, 2.75) is 6.92 Å². The van der Waals surface area contributed by atoms with E-state index in [-0.39, 0.29) is 5.91 Å². The van der Waals surface area contributed by atoms with Crippen molar-refractivity contribution in [2.24, 2.45) is 0 Å². The molecule has 0 spiro atoms. The van der Waals surface area contributed by atoms with Gasteiger partial charge in [-0.3, -0.25) is 4.79 Å². The van der Waals surface area contributed by atoms with Gasteiger partial charge in [0.15, 0.2) is 0 Å². The molecule has 3 heteroatoms. The number of carbonyl (C=O) groups excluding carboxylic acids is 1. The maximum Gasteiger partial charge on any atom is 0.253 e. The van der Waals surface area contributed by atoms with Gasteiger partial charge in [0.25, 0.3) is 5.91 Å². The number of amides is 1. The number of benzene rings is 1.